The van der Waals surface area contributed by atoms with Gasteiger partial charge in [0.2, 0.25) is 0 Å². The molecule has 118 valence electrons. The van der Waals surface area contributed by atoms with E-state index >= 15 is 0 Å². The van der Waals surface area contributed by atoms with Crippen LogP contribution < -0.4 is 0 Å². The number of hydrogen-bond acceptors (Lipinski definition) is 0. The van der Waals surface area contributed by atoms with E-state index in [1.54, 1.807) is 0 Å². The van der Waals surface area contributed by atoms with Crippen LogP contribution in [0, 0.1) is 0 Å². The van der Waals surface area contributed by atoms with Gasteiger partial charge in [-0.15, -0.1) is 23.2 Å². The van der Waals surface area contributed by atoms with E-state index in [1.165, 1.54) is 35.1 Å². The Morgan fingerprint density at radius 2 is 0.864 bits per heavy atom. The molecule has 0 spiro atoms. The minimum Gasteiger partial charge on any atom is -0.127 e. The van der Waals surface area contributed by atoms with E-state index < -0.39 is 0 Å². The van der Waals surface area contributed by atoms with E-state index in [2.05, 4.69) is 48.5 Å². The highest BCUT2D eigenvalue weighted by Gasteiger charge is 2.00. The van der Waals surface area contributed by atoms with Gasteiger partial charge in [0, 0.05) is 11.8 Å². The Bertz CT molecular complexity index is 477. The van der Waals surface area contributed by atoms with Crippen LogP contribution in [0.15, 0.2) is 48.5 Å². The van der Waals surface area contributed by atoms with Crippen molar-refractivity contribution < 1.29 is 0 Å². The lowest BCUT2D eigenvalue weighted by molar-refractivity contribution is 0.799. The number of hydrogen-bond donors (Lipinski definition) is 0. The van der Waals surface area contributed by atoms with Gasteiger partial charge in [-0.25, -0.2) is 0 Å². The Hall–Kier alpha value is -0.980. The average Bonchev–Trinajstić information content (AvgIpc) is 2.57. The lowest BCUT2D eigenvalue weighted by Crippen LogP contribution is -1.88. The van der Waals surface area contributed by atoms with Gasteiger partial charge in [-0.2, -0.15) is 0 Å². The Labute approximate surface area is 144 Å². The molecule has 0 aromatic heterocycles. The van der Waals surface area contributed by atoms with Gasteiger partial charge in [0.1, 0.15) is 0 Å². The van der Waals surface area contributed by atoms with Crippen molar-refractivity contribution in [3.8, 4) is 11.1 Å². The summed E-state index contributed by atoms with van der Waals surface area (Å²) in [4.78, 5) is 0. The second-order valence-electron chi connectivity index (χ2n) is 5.69. The van der Waals surface area contributed by atoms with Gasteiger partial charge in [-0.05, 0) is 60.8 Å². The minimum absolute atomic E-state index is 0.759. The summed E-state index contributed by atoms with van der Waals surface area (Å²) in [5, 5.41) is 0. The molecule has 0 bridgehead atoms. The molecule has 0 amide bonds. The first-order valence-electron chi connectivity index (χ1n) is 8.13. The largest absolute Gasteiger partial charge is 0.127 e. The first kappa shape index (κ1) is 17.4. The summed E-state index contributed by atoms with van der Waals surface area (Å²) in [6.45, 7) is 0. The fourth-order valence-electron chi connectivity index (χ4n) is 2.57. The van der Waals surface area contributed by atoms with Crippen LogP contribution in [0.25, 0.3) is 11.1 Å². The van der Waals surface area contributed by atoms with Gasteiger partial charge in [0.15, 0.2) is 0 Å². The number of unbranched alkanes of at least 4 members (excludes halogenated alkanes) is 2. The molecule has 2 aromatic rings. The molecule has 22 heavy (non-hydrogen) atoms. The van der Waals surface area contributed by atoms with Crippen molar-refractivity contribution in [2.45, 2.75) is 38.5 Å². The molecule has 0 N–H and O–H groups in total. The van der Waals surface area contributed by atoms with E-state index in [4.69, 9.17) is 23.2 Å². The maximum atomic E-state index is 5.72. The summed E-state index contributed by atoms with van der Waals surface area (Å²) in [6, 6.07) is 17.8. The number of alkyl halides is 2. The third-order valence-electron chi connectivity index (χ3n) is 3.94. The molecule has 0 fully saturated rings. The molecule has 0 radical (unpaired) electrons. The summed E-state index contributed by atoms with van der Waals surface area (Å²) in [5.74, 6) is 1.52. The number of aryl methyl sites for hydroxylation is 2. The van der Waals surface area contributed by atoms with Crippen LogP contribution in [-0.2, 0) is 12.8 Å². The van der Waals surface area contributed by atoms with Gasteiger partial charge < -0.3 is 0 Å². The third kappa shape index (κ3) is 5.66. The number of rotatable bonds is 9. The molecule has 0 aliphatic heterocycles. The predicted molar refractivity (Wildman–Crippen MR) is 99.2 cm³/mol. The molecule has 0 aliphatic carbocycles. The van der Waals surface area contributed by atoms with Crippen LogP contribution in [0.3, 0.4) is 0 Å². The maximum Gasteiger partial charge on any atom is 0.0223 e. The topological polar surface area (TPSA) is 0 Å². The van der Waals surface area contributed by atoms with E-state index in [9.17, 15) is 0 Å². The van der Waals surface area contributed by atoms with Crippen LogP contribution in [-0.4, -0.2) is 11.8 Å². The Morgan fingerprint density at radius 1 is 0.500 bits per heavy atom. The second-order valence-corrected chi connectivity index (χ2v) is 6.44. The molecule has 0 nitrogen and oxygen atoms in total. The van der Waals surface area contributed by atoms with Crippen molar-refractivity contribution in [3.05, 3.63) is 59.7 Å². The highest BCUT2D eigenvalue weighted by Crippen LogP contribution is 2.21. The lowest BCUT2D eigenvalue weighted by Gasteiger charge is -2.06. The fraction of sp³-hybridized carbons (Fsp3) is 0.400. The van der Waals surface area contributed by atoms with Crippen molar-refractivity contribution >= 4 is 23.2 Å². The van der Waals surface area contributed by atoms with Crippen LogP contribution in [0.2, 0.25) is 0 Å². The van der Waals surface area contributed by atoms with Crippen molar-refractivity contribution in [3.63, 3.8) is 0 Å². The molecule has 0 saturated carbocycles. The molecule has 2 rings (SSSR count). The molecule has 0 atom stereocenters. The first-order valence-corrected chi connectivity index (χ1v) is 9.20. The average molecular weight is 335 g/mol. The number of benzene rings is 2. The van der Waals surface area contributed by atoms with Crippen molar-refractivity contribution in [1.82, 2.24) is 0 Å². The van der Waals surface area contributed by atoms with Gasteiger partial charge in [-0.3, -0.25) is 0 Å². The van der Waals surface area contributed by atoms with Gasteiger partial charge >= 0.3 is 0 Å². The SMILES string of the molecule is ClCCCCc1ccc(-c2ccc(CCCCCl)cc2)cc1. The molecular weight excluding hydrogens is 311 g/mol. The fourth-order valence-corrected chi connectivity index (χ4v) is 2.95. The zero-order valence-corrected chi connectivity index (χ0v) is 14.5. The van der Waals surface area contributed by atoms with Crippen LogP contribution in [0.1, 0.15) is 36.8 Å². The summed E-state index contributed by atoms with van der Waals surface area (Å²) in [7, 11) is 0. The summed E-state index contributed by atoms with van der Waals surface area (Å²) in [6.07, 6.45) is 6.75. The summed E-state index contributed by atoms with van der Waals surface area (Å²) >= 11 is 11.4. The number of halogens is 2. The minimum atomic E-state index is 0.759. The Kier molecular flexibility index (Phi) is 7.83. The Morgan fingerprint density at radius 3 is 1.18 bits per heavy atom. The third-order valence-corrected chi connectivity index (χ3v) is 4.47. The highest BCUT2D eigenvalue weighted by atomic mass is 35.5. The molecule has 0 heterocycles. The first-order chi connectivity index (χ1) is 10.8. The molecule has 0 saturated heterocycles. The van der Waals surface area contributed by atoms with E-state index in [1.807, 2.05) is 0 Å². The Balaban J connectivity index is 1.93. The zero-order chi connectivity index (χ0) is 15.6. The zero-order valence-electron chi connectivity index (χ0n) is 13.0. The molecule has 2 heteroatoms. The second kappa shape index (κ2) is 9.92. The molecule has 2 aromatic carbocycles. The monoisotopic (exact) mass is 334 g/mol. The van der Waals surface area contributed by atoms with E-state index in [-0.39, 0.29) is 0 Å². The smallest absolute Gasteiger partial charge is 0.0223 e. The van der Waals surface area contributed by atoms with Crippen LogP contribution in [0.4, 0.5) is 0 Å². The highest BCUT2D eigenvalue weighted by molar-refractivity contribution is 6.18. The summed E-state index contributed by atoms with van der Waals surface area (Å²) < 4.78 is 0. The lowest BCUT2D eigenvalue weighted by atomic mass is 9.99. The van der Waals surface area contributed by atoms with Crippen LogP contribution >= 0.6 is 23.2 Å². The van der Waals surface area contributed by atoms with E-state index in [0.29, 0.717) is 0 Å². The van der Waals surface area contributed by atoms with Crippen molar-refractivity contribution in [2.75, 3.05) is 11.8 Å². The standard InChI is InChI=1S/C20H24Cl2/c21-15-3-1-5-17-7-11-19(12-8-17)20-13-9-18(10-14-20)6-2-4-16-22/h7-14H,1-6,15-16H2. The molecule has 0 unspecified atom stereocenters. The van der Waals surface area contributed by atoms with Crippen molar-refractivity contribution in [1.29, 1.82) is 0 Å². The van der Waals surface area contributed by atoms with E-state index in [0.717, 1.165) is 37.4 Å². The predicted octanol–water partition coefficient (Wildman–Crippen LogP) is 6.48. The van der Waals surface area contributed by atoms with Gasteiger partial charge in [0.25, 0.3) is 0 Å². The maximum absolute atomic E-state index is 5.72. The normalized spacial score (nSPS) is 10.8. The molecular formula is C20H24Cl2. The molecule has 0 aliphatic rings. The van der Waals surface area contributed by atoms with Gasteiger partial charge in [-0.1, -0.05) is 48.5 Å². The van der Waals surface area contributed by atoms with Gasteiger partial charge in [0.05, 0.1) is 0 Å². The van der Waals surface area contributed by atoms with Crippen LogP contribution in [0.5, 0.6) is 0 Å². The van der Waals surface area contributed by atoms with Crippen molar-refractivity contribution in [2.24, 2.45) is 0 Å². The summed E-state index contributed by atoms with van der Waals surface area (Å²) in [5.41, 5.74) is 5.36. The quantitative estimate of drug-likeness (QED) is 0.363.